The van der Waals surface area contributed by atoms with Crippen LogP contribution in [0.15, 0.2) is 12.1 Å². The van der Waals surface area contributed by atoms with Crippen molar-refractivity contribution < 1.29 is 19.3 Å². The summed E-state index contributed by atoms with van der Waals surface area (Å²) in [6.07, 6.45) is 2.11. The topological polar surface area (TPSA) is 77.2 Å². The van der Waals surface area contributed by atoms with Crippen molar-refractivity contribution >= 4 is 11.4 Å². The summed E-state index contributed by atoms with van der Waals surface area (Å²) in [5, 5.41) is 8.80. The molecule has 2 heterocycles. The highest BCUT2D eigenvalue weighted by atomic mass is 16.6. The van der Waals surface area contributed by atoms with E-state index in [2.05, 4.69) is 4.90 Å². The summed E-state index contributed by atoms with van der Waals surface area (Å²) >= 11 is 0. The van der Waals surface area contributed by atoms with Gasteiger partial charge in [-0.25, -0.2) is 0 Å². The van der Waals surface area contributed by atoms with E-state index in [-0.39, 0.29) is 12.7 Å². The molecule has 0 aliphatic carbocycles. The van der Waals surface area contributed by atoms with Gasteiger partial charge in [0.2, 0.25) is 0 Å². The second kappa shape index (κ2) is 6.41. The van der Waals surface area contributed by atoms with E-state index in [1.54, 1.807) is 0 Å². The van der Waals surface area contributed by atoms with Crippen LogP contribution in [0.25, 0.3) is 0 Å². The van der Waals surface area contributed by atoms with Gasteiger partial charge in [0.15, 0.2) is 11.5 Å². The maximum absolute atomic E-state index is 8.80. The Morgan fingerprint density at radius 1 is 1.19 bits per heavy atom. The fraction of sp³-hybridized carbons (Fsp3) is 0.600. The first kappa shape index (κ1) is 14.3. The SMILES string of the molecule is Nc1cc2c(cc1N1CCC(OCCO)CC1)OCCO2. The lowest BCUT2D eigenvalue weighted by Crippen LogP contribution is -2.37. The van der Waals surface area contributed by atoms with Crippen molar-refractivity contribution in [3.05, 3.63) is 12.1 Å². The van der Waals surface area contributed by atoms with Crippen LogP contribution in [-0.2, 0) is 4.74 Å². The van der Waals surface area contributed by atoms with Gasteiger partial charge in [-0.3, -0.25) is 0 Å². The molecule has 3 N–H and O–H groups in total. The van der Waals surface area contributed by atoms with Gasteiger partial charge in [-0.1, -0.05) is 0 Å². The van der Waals surface area contributed by atoms with Crippen LogP contribution in [0.2, 0.25) is 0 Å². The van der Waals surface area contributed by atoms with Crippen molar-refractivity contribution in [3.63, 3.8) is 0 Å². The molecule has 2 aliphatic rings. The Morgan fingerprint density at radius 3 is 2.52 bits per heavy atom. The predicted molar refractivity (Wildman–Crippen MR) is 80.1 cm³/mol. The van der Waals surface area contributed by atoms with Gasteiger partial charge in [-0.15, -0.1) is 0 Å². The number of piperidine rings is 1. The van der Waals surface area contributed by atoms with Gasteiger partial charge in [0.25, 0.3) is 0 Å². The Bertz CT molecular complexity index is 487. The fourth-order valence-corrected chi connectivity index (χ4v) is 2.85. The van der Waals surface area contributed by atoms with Crippen LogP contribution in [0.4, 0.5) is 11.4 Å². The van der Waals surface area contributed by atoms with E-state index in [9.17, 15) is 0 Å². The number of nitrogens with zero attached hydrogens (tertiary/aromatic N) is 1. The third-order valence-corrected chi connectivity index (χ3v) is 3.92. The van der Waals surface area contributed by atoms with Gasteiger partial charge < -0.3 is 30.0 Å². The average Bonchev–Trinajstić information content (AvgIpc) is 2.53. The fourth-order valence-electron chi connectivity index (χ4n) is 2.85. The van der Waals surface area contributed by atoms with Crippen molar-refractivity contribution in [1.82, 2.24) is 0 Å². The van der Waals surface area contributed by atoms with Crippen LogP contribution in [0.3, 0.4) is 0 Å². The van der Waals surface area contributed by atoms with Crippen LogP contribution in [-0.4, -0.2) is 50.7 Å². The van der Waals surface area contributed by atoms with Gasteiger partial charge in [0.1, 0.15) is 13.2 Å². The number of aliphatic hydroxyl groups is 1. The minimum atomic E-state index is 0.0787. The number of aliphatic hydroxyl groups excluding tert-OH is 1. The number of anilines is 2. The zero-order valence-corrected chi connectivity index (χ0v) is 12.1. The molecule has 0 aromatic heterocycles. The second-order valence-corrected chi connectivity index (χ2v) is 5.34. The van der Waals surface area contributed by atoms with Crippen LogP contribution >= 0.6 is 0 Å². The summed E-state index contributed by atoms with van der Waals surface area (Å²) in [6.45, 7) is 3.42. The molecule has 1 aromatic carbocycles. The van der Waals surface area contributed by atoms with E-state index in [1.807, 2.05) is 12.1 Å². The lowest BCUT2D eigenvalue weighted by molar-refractivity contribution is 0.0159. The van der Waals surface area contributed by atoms with Crippen molar-refractivity contribution in [3.8, 4) is 11.5 Å². The summed E-state index contributed by atoms with van der Waals surface area (Å²) in [5.41, 5.74) is 7.87. The van der Waals surface area contributed by atoms with Gasteiger partial charge in [-0.2, -0.15) is 0 Å². The van der Waals surface area contributed by atoms with E-state index in [1.165, 1.54) is 0 Å². The zero-order chi connectivity index (χ0) is 14.7. The molecular weight excluding hydrogens is 272 g/mol. The molecule has 3 rings (SSSR count). The van der Waals surface area contributed by atoms with Gasteiger partial charge in [0, 0.05) is 25.2 Å². The number of rotatable bonds is 4. The molecule has 1 aromatic rings. The molecule has 1 saturated heterocycles. The number of hydrogen-bond acceptors (Lipinski definition) is 6. The molecule has 0 radical (unpaired) electrons. The maximum Gasteiger partial charge on any atom is 0.163 e. The minimum Gasteiger partial charge on any atom is -0.486 e. The lowest BCUT2D eigenvalue weighted by Gasteiger charge is -2.34. The quantitative estimate of drug-likeness (QED) is 0.807. The molecule has 6 heteroatoms. The van der Waals surface area contributed by atoms with E-state index in [4.69, 9.17) is 25.1 Å². The van der Waals surface area contributed by atoms with E-state index < -0.39 is 0 Å². The Labute approximate surface area is 124 Å². The normalized spacial score (nSPS) is 18.8. The van der Waals surface area contributed by atoms with Gasteiger partial charge >= 0.3 is 0 Å². The molecule has 0 spiro atoms. The summed E-state index contributed by atoms with van der Waals surface area (Å²) in [7, 11) is 0. The van der Waals surface area contributed by atoms with Crippen molar-refractivity contribution in [1.29, 1.82) is 0 Å². The van der Waals surface area contributed by atoms with Gasteiger partial charge in [-0.05, 0) is 12.8 Å². The predicted octanol–water partition coefficient (Wildman–Crippen LogP) is 1.02. The molecule has 116 valence electrons. The first-order chi connectivity index (χ1) is 10.3. The highest BCUT2D eigenvalue weighted by Gasteiger charge is 2.23. The molecule has 0 atom stereocenters. The smallest absolute Gasteiger partial charge is 0.163 e. The summed E-state index contributed by atoms with van der Waals surface area (Å²) in [5.74, 6) is 1.49. The molecule has 1 fully saturated rings. The molecule has 2 aliphatic heterocycles. The number of nitrogens with two attached hydrogens (primary N) is 1. The van der Waals surface area contributed by atoms with Gasteiger partial charge in [0.05, 0.1) is 30.7 Å². The highest BCUT2D eigenvalue weighted by Crippen LogP contribution is 2.39. The second-order valence-electron chi connectivity index (χ2n) is 5.34. The summed E-state index contributed by atoms with van der Waals surface area (Å²) in [4.78, 5) is 2.26. The summed E-state index contributed by atoms with van der Waals surface area (Å²) < 4.78 is 16.7. The van der Waals surface area contributed by atoms with Crippen LogP contribution in [0, 0.1) is 0 Å². The van der Waals surface area contributed by atoms with Crippen molar-refractivity contribution in [2.24, 2.45) is 0 Å². The average molecular weight is 294 g/mol. The number of hydrogen-bond donors (Lipinski definition) is 2. The first-order valence-electron chi connectivity index (χ1n) is 7.44. The van der Waals surface area contributed by atoms with E-state index in [0.29, 0.717) is 25.5 Å². The largest absolute Gasteiger partial charge is 0.486 e. The highest BCUT2D eigenvalue weighted by molar-refractivity contribution is 5.73. The molecular formula is C15H22N2O4. The van der Waals surface area contributed by atoms with Crippen LogP contribution in [0.1, 0.15) is 12.8 Å². The van der Waals surface area contributed by atoms with Crippen molar-refractivity contribution in [2.75, 3.05) is 50.2 Å². The molecule has 0 bridgehead atoms. The minimum absolute atomic E-state index is 0.0787. The van der Waals surface area contributed by atoms with Crippen molar-refractivity contribution in [2.45, 2.75) is 18.9 Å². The Hall–Kier alpha value is -1.66. The molecule has 0 amide bonds. The summed E-state index contributed by atoms with van der Waals surface area (Å²) in [6, 6.07) is 3.82. The molecule has 6 nitrogen and oxygen atoms in total. The van der Waals surface area contributed by atoms with Crippen LogP contribution < -0.4 is 20.1 Å². The van der Waals surface area contributed by atoms with E-state index >= 15 is 0 Å². The molecule has 21 heavy (non-hydrogen) atoms. The standard InChI is InChI=1S/C15H22N2O4/c16-12-9-14-15(21-8-7-20-14)10-13(12)17-3-1-11(2-4-17)19-6-5-18/h9-11,18H,1-8,16H2. The lowest BCUT2D eigenvalue weighted by atomic mass is 10.1. The third kappa shape index (κ3) is 3.16. The zero-order valence-electron chi connectivity index (χ0n) is 12.1. The number of ether oxygens (including phenoxy) is 3. The number of benzene rings is 1. The number of nitrogen functional groups attached to an aromatic ring is 1. The Balaban J connectivity index is 1.67. The Kier molecular flexibility index (Phi) is 4.36. The third-order valence-electron chi connectivity index (χ3n) is 3.92. The van der Waals surface area contributed by atoms with Crippen LogP contribution in [0.5, 0.6) is 11.5 Å². The number of fused-ring (bicyclic) bond motifs is 1. The maximum atomic E-state index is 8.80. The Morgan fingerprint density at radius 2 is 1.86 bits per heavy atom. The molecule has 0 unspecified atom stereocenters. The monoisotopic (exact) mass is 294 g/mol. The first-order valence-corrected chi connectivity index (χ1v) is 7.44. The molecule has 0 saturated carbocycles. The van der Waals surface area contributed by atoms with E-state index in [0.717, 1.165) is 43.1 Å².